The van der Waals surface area contributed by atoms with Crippen molar-refractivity contribution in [3.63, 3.8) is 0 Å². The molecule has 4 unspecified atom stereocenters. The van der Waals surface area contributed by atoms with E-state index in [4.69, 9.17) is 31.9 Å². The Bertz CT molecular complexity index is 3760. The fourth-order valence-corrected chi connectivity index (χ4v) is 11.3. The summed E-state index contributed by atoms with van der Waals surface area (Å²) in [4.78, 5) is 55.9. The molecule has 19 heteroatoms. The van der Waals surface area contributed by atoms with Crippen molar-refractivity contribution in [2.24, 2.45) is 0 Å². The summed E-state index contributed by atoms with van der Waals surface area (Å²) < 4.78 is 84.2. The van der Waals surface area contributed by atoms with E-state index >= 15 is 0 Å². The van der Waals surface area contributed by atoms with Gasteiger partial charge in [0.05, 0.1) is 64.6 Å². The van der Waals surface area contributed by atoms with Gasteiger partial charge >= 0.3 is 19.5 Å². The van der Waals surface area contributed by atoms with Crippen molar-refractivity contribution in [3.05, 3.63) is 220 Å². The van der Waals surface area contributed by atoms with Crippen molar-refractivity contribution >= 4 is 73.3 Å². The van der Waals surface area contributed by atoms with E-state index in [-0.39, 0.29) is 46.0 Å². The van der Waals surface area contributed by atoms with Crippen LogP contribution in [0, 0.1) is 36.2 Å². The Labute approximate surface area is 465 Å². The standard InChI is InChI=1S/C32H17F3N2O2.C16H8Br2O2.C8H5BF3NO2.C4H8O/c1-16-11-17(7-10-27(16)37-2)18-5-8-22-24(12-18)30(38)29-23-9-6-19(13-25(23)31(39)28(22)29)20-3-4-21(15-36)26(14-20)32(33,34)35;17-7-1-3-9-11(5-7)15(19)14-10-4-2-8(18)6-12(10)16(20)13(9)14;10-8(11,12)7-3-6(9(14)15)2-1-5(7)4-13;1-2-4-5-3-1/h3-14,28-29H,1H3;1-6,13-14H;1-3,14-15H;1-4H2. The lowest BCUT2D eigenvalue weighted by molar-refractivity contribution is -0.138. The monoisotopic (exact) mass is 1200 g/mol. The van der Waals surface area contributed by atoms with E-state index in [9.17, 15) is 45.5 Å². The van der Waals surface area contributed by atoms with Crippen LogP contribution in [-0.4, -0.2) is 53.5 Å². The number of Topliss-reactive ketones (excluding diaryl/α,β-unsaturated/α-hetero) is 4. The summed E-state index contributed by atoms with van der Waals surface area (Å²) in [5.41, 5.74) is 5.26. The molecule has 1 aliphatic heterocycles. The van der Waals surface area contributed by atoms with Gasteiger partial charge in [0.1, 0.15) is 0 Å². The molecule has 0 saturated carbocycles. The summed E-state index contributed by atoms with van der Waals surface area (Å²) in [6.07, 6.45) is -6.83. The van der Waals surface area contributed by atoms with Gasteiger partial charge in [-0.3, -0.25) is 19.2 Å². The SMILES string of the molecule is C1CCOC1.N#Cc1ccc(B(O)O)cc1C(F)(F)F.O=C1c2cc(Br)ccc2C2C(=O)c3cc(Br)ccc3C12.[C-]#[N+]c1ccc(-c2ccc3c(c2)C(=O)C2c4ccc(-c5ccc(C#N)c(C(F)(F)F)c5)cc4C(=O)C32)cc1C. The van der Waals surface area contributed by atoms with Gasteiger partial charge in [0.2, 0.25) is 0 Å². The molecule has 1 saturated heterocycles. The van der Waals surface area contributed by atoms with Crippen LogP contribution in [0.5, 0.6) is 0 Å². The Balaban J connectivity index is 0.000000156. The van der Waals surface area contributed by atoms with Crippen molar-refractivity contribution in [3.8, 4) is 34.4 Å². The number of ether oxygens (including phenoxy) is 1. The molecular formula is C60H38BBr2F6N3O7. The molecule has 1 fully saturated rings. The zero-order valence-electron chi connectivity index (χ0n) is 41.1. The molecule has 2 N–H and O–H groups in total. The Morgan fingerprint density at radius 1 is 0.544 bits per heavy atom. The molecule has 0 bridgehead atoms. The predicted octanol–water partition coefficient (Wildman–Crippen LogP) is 13.6. The third-order valence-corrected chi connectivity index (χ3v) is 15.3. The lowest BCUT2D eigenvalue weighted by Gasteiger charge is -2.12. The first-order chi connectivity index (χ1) is 37.6. The summed E-state index contributed by atoms with van der Waals surface area (Å²) in [6.45, 7) is 11.1. The van der Waals surface area contributed by atoms with Crippen molar-refractivity contribution in [2.75, 3.05) is 13.2 Å². The lowest BCUT2D eigenvalue weighted by Crippen LogP contribution is -2.31. The van der Waals surface area contributed by atoms with Gasteiger partial charge in [-0.2, -0.15) is 36.9 Å². The van der Waals surface area contributed by atoms with E-state index in [2.05, 4.69) is 36.7 Å². The molecule has 5 aliphatic rings. The number of nitrogens with zero attached hydrogens (tertiary/aromatic N) is 3. The van der Waals surface area contributed by atoms with Gasteiger partial charge in [0.25, 0.3) is 0 Å². The zero-order chi connectivity index (χ0) is 56.8. The Hall–Kier alpha value is -7.83. The normalized spacial score (nSPS) is 17.9. The number of hydrogen-bond donors (Lipinski definition) is 2. The molecule has 4 atom stereocenters. The van der Waals surface area contributed by atoms with E-state index in [1.165, 1.54) is 25.0 Å². The van der Waals surface area contributed by atoms with Crippen LogP contribution in [0.3, 0.4) is 0 Å². The Kier molecular flexibility index (Phi) is 15.7. The molecule has 0 radical (unpaired) electrons. The quantitative estimate of drug-likeness (QED) is 0.0993. The molecule has 0 spiro atoms. The van der Waals surface area contributed by atoms with Gasteiger partial charge in [0.15, 0.2) is 28.8 Å². The maximum absolute atomic E-state index is 13.6. The highest BCUT2D eigenvalue weighted by Crippen LogP contribution is 2.54. The van der Waals surface area contributed by atoms with Crippen molar-refractivity contribution < 1.29 is 60.3 Å². The zero-order valence-corrected chi connectivity index (χ0v) is 44.3. The van der Waals surface area contributed by atoms with Crippen LogP contribution in [0.15, 0.2) is 136 Å². The third kappa shape index (κ3) is 10.8. The number of nitriles is 2. The number of halogens is 8. The second kappa shape index (κ2) is 22.1. The first-order valence-corrected chi connectivity index (χ1v) is 25.8. The summed E-state index contributed by atoms with van der Waals surface area (Å²) in [5, 5.41) is 34.9. The number of carbonyl (C=O) groups is 4. The number of alkyl halides is 6. The fraction of sp³-hybridized carbons (Fsp3) is 0.183. The van der Waals surface area contributed by atoms with E-state index in [0.29, 0.717) is 50.7 Å². The van der Waals surface area contributed by atoms with E-state index in [0.717, 1.165) is 74.2 Å². The largest absolute Gasteiger partial charge is 0.488 e. The third-order valence-electron chi connectivity index (χ3n) is 14.4. The van der Waals surface area contributed by atoms with Crippen LogP contribution in [0.1, 0.15) is 128 Å². The minimum Gasteiger partial charge on any atom is -0.423 e. The highest BCUT2D eigenvalue weighted by Gasteiger charge is 2.52. The molecule has 0 aromatic heterocycles. The maximum Gasteiger partial charge on any atom is 0.488 e. The van der Waals surface area contributed by atoms with Gasteiger partial charge < -0.3 is 14.8 Å². The number of hydrogen-bond acceptors (Lipinski definition) is 9. The van der Waals surface area contributed by atoms with Gasteiger partial charge in [-0.15, -0.1) is 0 Å². The van der Waals surface area contributed by atoms with Crippen molar-refractivity contribution in [2.45, 2.75) is 55.8 Å². The number of benzene rings is 7. The Morgan fingerprint density at radius 2 is 0.911 bits per heavy atom. The second-order valence-corrected chi connectivity index (χ2v) is 20.9. The number of ketones is 4. The molecule has 7 aromatic rings. The van der Waals surface area contributed by atoms with Crippen LogP contribution in [0.4, 0.5) is 32.0 Å². The number of fused-ring (bicyclic) bond motifs is 10. The van der Waals surface area contributed by atoms with E-state index in [1.54, 1.807) is 42.5 Å². The minimum absolute atomic E-state index is 0.0562. The van der Waals surface area contributed by atoms with Crippen LogP contribution in [0.2, 0.25) is 0 Å². The van der Waals surface area contributed by atoms with Crippen LogP contribution in [0.25, 0.3) is 27.1 Å². The first kappa shape index (κ1) is 55.9. The topological polar surface area (TPSA) is 170 Å². The first-order valence-electron chi connectivity index (χ1n) is 24.2. The molecule has 79 heavy (non-hydrogen) atoms. The van der Waals surface area contributed by atoms with Gasteiger partial charge in [-0.1, -0.05) is 98.6 Å². The summed E-state index contributed by atoms with van der Waals surface area (Å²) >= 11 is 6.77. The minimum atomic E-state index is -4.70. The van der Waals surface area contributed by atoms with Gasteiger partial charge in [-0.05, 0) is 136 Å². The molecular weight excluding hydrogens is 1160 g/mol. The van der Waals surface area contributed by atoms with E-state index in [1.807, 2.05) is 61.5 Å². The smallest absolute Gasteiger partial charge is 0.423 e. The Morgan fingerprint density at radius 3 is 1.29 bits per heavy atom. The van der Waals surface area contributed by atoms with Gasteiger partial charge in [0, 0.05) is 44.4 Å². The number of aryl methyl sites for hydroxylation is 1. The highest BCUT2D eigenvalue weighted by atomic mass is 79.9. The molecule has 394 valence electrons. The summed E-state index contributed by atoms with van der Waals surface area (Å²) in [6, 6.07) is 35.8. The van der Waals surface area contributed by atoms with Crippen LogP contribution in [-0.2, 0) is 17.1 Å². The molecule has 1 heterocycles. The lowest BCUT2D eigenvalue weighted by atomic mass is 9.79. The van der Waals surface area contributed by atoms with Crippen LogP contribution < -0.4 is 5.46 Å². The second-order valence-electron chi connectivity index (χ2n) is 19.0. The average Bonchev–Trinajstić information content (AvgIpc) is 4.03. The summed E-state index contributed by atoms with van der Waals surface area (Å²) in [7, 11) is -1.99. The molecule has 10 nitrogen and oxygen atoms in total. The highest BCUT2D eigenvalue weighted by molar-refractivity contribution is 9.10. The van der Waals surface area contributed by atoms with Gasteiger partial charge in [-0.25, -0.2) is 4.85 Å². The fourth-order valence-electron chi connectivity index (χ4n) is 10.6. The maximum atomic E-state index is 13.6. The summed E-state index contributed by atoms with van der Waals surface area (Å²) in [5.74, 6) is -2.32. The van der Waals surface area contributed by atoms with Crippen molar-refractivity contribution in [1.82, 2.24) is 0 Å². The molecule has 7 aromatic carbocycles. The molecule has 0 amide bonds. The number of carbonyl (C=O) groups excluding carboxylic acids is 4. The van der Waals surface area contributed by atoms with Crippen molar-refractivity contribution in [1.29, 1.82) is 10.5 Å². The number of rotatable bonds is 3. The average molecular weight is 1200 g/mol. The van der Waals surface area contributed by atoms with Crippen LogP contribution >= 0.6 is 31.9 Å². The van der Waals surface area contributed by atoms with E-state index < -0.39 is 53.6 Å². The predicted molar refractivity (Wildman–Crippen MR) is 287 cm³/mol. The molecule has 4 aliphatic carbocycles. The molecule has 12 rings (SSSR count).